The van der Waals surface area contributed by atoms with E-state index < -0.39 is 6.43 Å². The Morgan fingerprint density at radius 1 is 1.26 bits per heavy atom. The third-order valence-corrected chi connectivity index (χ3v) is 6.83. The molecule has 1 aliphatic heterocycles. The molecule has 1 spiro atoms. The highest BCUT2D eigenvalue weighted by atomic mass is 19.3. The summed E-state index contributed by atoms with van der Waals surface area (Å²) in [6, 6.07) is 10.3. The number of aliphatic hydroxyl groups is 1. The summed E-state index contributed by atoms with van der Waals surface area (Å²) in [5.41, 5.74) is 2.88. The molecule has 9 heteroatoms. The third-order valence-electron chi connectivity index (χ3n) is 6.83. The summed E-state index contributed by atoms with van der Waals surface area (Å²) in [4.78, 5) is 18.8. The van der Waals surface area contributed by atoms with Crippen molar-refractivity contribution in [1.82, 2.24) is 15.0 Å². The number of nitrogens with zero attached hydrogens (tertiary/aromatic N) is 3. The third kappa shape index (κ3) is 4.18. The molecule has 1 saturated heterocycles. The minimum absolute atomic E-state index is 0.0545. The van der Waals surface area contributed by atoms with E-state index in [2.05, 4.69) is 10.1 Å². The second kappa shape index (κ2) is 9.03. The van der Waals surface area contributed by atoms with Gasteiger partial charge in [0.15, 0.2) is 0 Å². The zero-order valence-electron chi connectivity index (χ0n) is 19.6. The minimum atomic E-state index is -2.71. The predicted octanol–water partition coefficient (Wildman–Crippen LogP) is 4.54. The Bertz CT molecular complexity index is 1260. The summed E-state index contributed by atoms with van der Waals surface area (Å²) in [5.74, 6) is 0.713. The molecule has 0 bridgehead atoms. The van der Waals surface area contributed by atoms with Gasteiger partial charge in [0, 0.05) is 36.1 Å². The number of rotatable bonds is 7. The Balaban J connectivity index is 1.47. The molecular formula is C26H27F2N3O4. The summed E-state index contributed by atoms with van der Waals surface area (Å²) < 4.78 is 38.3. The summed E-state index contributed by atoms with van der Waals surface area (Å²) in [6.45, 7) is 4.42. The van der Waals surface area contributed by atoms with Crippen molar-refractivity contribution < 1.29 is 27.9 Å². The van der Waals surface area contributed by atoms with Crippen LogP contribution >= 0.6 is 0 Å². The van der Waals surface area contributed by atoms with Crippen LogP contribution in [-0.2, 0) is 16.6 Å². The zero-order chi connectivity index (χ0) is 24.7. The molecule has 35 heavy (non-hydrogen) atoms. The summed E-state index contributed by atoms with van der Waals surface area (Å²) in [6.07, 6.45) is -0.927. The smallest absolute Gasteiger partial charge is 0.267 e. The second-order valence-electron chi connectivity index (χ2n) is 9.47. The first kappa shape index (κ1) is 23.4. The van der Waals surface area contributed by atoms with E-state index in [1.54, 1.807) is 24.8 Å². The van der Waals surface area contributed by atoms with Crippen LogP contribution < -0.4 is 4.74 Å². The largest absolute Gasteiger partial charge is 0.491 e. The molecule has 5 rings (SSSR count). The van der Waals surface area contributed by atoms with Gasteiger partial charge >= 0.3 is 0 Å². The van der Waals surface area contributed by atoms with Crippen LogP contribution in [0.25, 0.3) is 22.8 Å². The highest BCUT2D eigenvalue weighted by Gasteiger charge is 2.48. The lowest BCUT2D eigenvalue weighted by atomic mass is 9.80. The van der Waals surface area contributed by atoms with Crippen LogP contribution in [0.3, 0.4) is 0 Å². The SMILES string of the molecule is CC(C)Oc1ccc(-c2nc(-c3cccc4c3CCC43CC(=O)N(CCO)C3)no2)cc1C(F)F. The van der Waals surface area contributed by atoms with Gasteiger partial charge < -0.3 is 19.3 Å². The first-order valence-electron chi connectivity index (χ1n) is 11.8. The number of ether oxygens (including phenoxy) is 1. The molecule has 1 aliphatic carbocycles. The first-order chi connectivity index (χ1) is 16.8. The molecule has 1 aromatic heterocycles. The molecule has 2 aliphatic rings. The van der Waals surface area contributed by atoms with Crippen LogP contribution in [-0.4, -0.2) is 51.9 Å². The number of aliphatic hydroxyl groups excluding tert-OH is 1. The van der Waals surface area contributed by atoms with E-state index in [9.17, 15) is 18.7 Å². The topological polar surface area (TPSA) is 88.7 Å². The minimum Gasteiger partial charge on any atom is -0.491 e. The number of β-amino-alcohol motifs (C(OH)–C–C–N with tert-alkyl or cyclic N) is 1. The van der Waals surface area contributed by atoms with Crippen LogP contribution in [0.1, 0.15) is 49.8 Å². The maximum atomic E-state index is 13.7. The lowest BCUT2D eigenvalue weighted by Gasteiger charge is -2.24. The number of benzene rings is 2. The number of hydrogen-bond acceptors (Lipinski definition) is 6. The highest BCUT2D eigenvalue weighted by Crippen LogP contribution is 2.48. The van der Waals surface area contributed by atoms with Crippen LogP contribution in [0.15, 0.2) is 40.9 Å². The number of fused-ring (bicyclic) bond motifs is 2. The van der Waals surface area contributed by atoms with Crippen LogP contribution in [0.2, 0.25) is 0 Å². The van der Waals surface area contributed by atoms with Gasteiger partial charge in [0.05, 0.1) is 18.3 Å². The van der Waals surface area contributed by atoms with Crippen molar-refractivity contribution in [1.29, 1.82) is 0 Å². The number of alkyl halides is 2. The van der Waals surface area contributed by atoms with E-state index in [-0.39, 0.29) is 41.2 Å². The molecule has 3 aromatic rings. The number of halogens is 2. The van der Waals surface area contributed by atoms with E-state index in [0.29, 0.717) is 30.9 Å². The fourth-order valence-electron chi connectivity index (χ4n) is 5.31. The van der Waals surface area contributed by atoms with Gasteiger partial charge in [0.1, 0.15) is 5.75 Å². The lowest BCUT2D eigenvalue weighted by molar-refractivity contribution is -0.128. The number of aromatic nitrogens is 2. The van der Waals surface area contributed by atoms with Crippen molar-refractivity contribution in [2.75, 3.05) is 19.7 Å². The van der Waals surface area contributed by atoms with Crippen molar-refractivity contribution in [3.63, 3.8) is 0 Å². The summed E-state index contributed by atoms with van der Waals surface area (Å²) >= 11 is 0. The molecular weight excluding hydrogens is 456 g/mol. The lowest BCUT2D eigenvalue weighted by Crippen LogP contribution is -2.32. The van der Waals surface area contributed by atoms with Crippen molar-refractivity contribution in [3.8, 4) is 28.6 Å². The molecule has 2 heterocycles. The number of amides is 1. The molecule has 2 aromatic carbocycles. The summed E-state index contributed by atoms with van der Waals surface area (Å²) in [5, 5.41) is 13.4. The van der Waals surface area contributed by atoms with Crippen LogP contribution in [0.4, 0.5) is 8.78 Å². The van der Waals surface area contributed by atoms with E-state index in [4.69, 9.17) is 9.26 Å². The molecule has 184 valence electrons. The first-order valence-corrected chi connectivity index (χ1v) is 11.8. The maximum absolute atomic E-state index is 13.7. The van der Waals surface area contributed by atoms with Gasteiger partial charge in [0.2, 0.25) is 11.7 Å². The van der Waals surface area contributed by atoms with Crippen LogP contribution in [0, 0.1) is 0 Å². The fraction of sp³-hybridized carbons (Fsp3) is 0.423. The van der Waals surface area contributed by atoms with Gasteiger partial charge in [-0.2, -0.15) is 4.98 Å². The molecule has 1 atom stereocenters. The van der Waals surface area contributed by atoms with Crippen molar-refractivity contribution >= 4 is 5.91 Å². The van der Waals surface area contributed by atoms with E-state index >= 15 is 0 Å². The maximum Gasteiger partial charge on any atom is 0.267 e. The van der Waals surface area contributed by atoms with Gasteiger partial charge in [-0.05, 0) is 56.0 Å². The monoisotopic (exact) mass is 483 g/mol. The van der Waals surface area contributed by atoms with Crippen molar-refractivity contribution in [2.45, 2.75) is 51.1 Å². The van der Waals surface area contributed by atoms with Crippen molar-refractivity contribution in [2.24, 2.45) is 0 Å². The fourth-order valence-corrected chi connectivity index (χ4v) is 5.31. The summed E-state index contributed by atoms with van der Waals surface area (Å²) in [7, 11) is 0. The standard InChI is InChI=1S/C26H27F2N3O4/c1-15(2)34-21-7-6-16(12-19(21)23(27)28)25-29-24(30-35-25)18-4-3-5-20-17(18)8-9-26(20)13-22(33)31(14-26)10-11-32/h3-7,12,15,23,32H,8-11,13-14H2,1-2H3. The molecule has 0 radical (unpaired) electrons. The Hall–Kier alpha value is -3.33. The predicted molar refractivity (Wildman–Crippen MR) is 124 cm³/mol. The van der Waals surface area contributed by atoms with Gasteiger partial charge in [-0.25, -0.2) is 8.78 Å². The van der Waals surface area contributed by atoms with Gasteiger partial charge in [0.25, 0.3) is 12.3 Å². The number of hydrogen-bond donors (Lipinski definition) is 1. The molecule has 1 unspecified atom stereocenters. The zero-order valence-corrected chi connectivity index (χ0v) is 19.6. The molecule has 1 amide bonds. The van der Waals surface area contributed by atoms with Gasteiger partial charge in [-0.1, -0.05) is 23.4 Å². The second-order valence-corrected chi connectivity index (χ2v) is 9.47. The van der Waals surface area contributed by atoms with E-state index in [1.807, 2.05) is 18.2 Å². The Morgan fingerprint density at radius 2 is 2.09 bits per heavy atom. The highest BCUT2D eigenvalue weighted by molar-refractivity contribution is 5.82. The van der Waals surface area contributed by atoms with Gasteiger partial charge in [-0.15, -0.1) is 0 Å². The van der Waals surface area contributed by atoms with E-state index in [0.717, 1.165) is 29.5 Å². The average molecular weight is 484 g/mol. The average Bonchev–Trinajstić information content (AvgIpc) is 3.52. The molecule has 1 fully saturated rings. The molecule has 7 nitrogen and oxygen atoms in total. The Morgan fingerprint density at radius 3 is 2.83 bits per heavy atom. The van der Waals surface area contributed by atoms with Crippen molar-refractivity contribution in [3.05, 3.63) is 53.1 Å². The van der Waals surface area contributed by atoms with Gasteiger partial charge in [-0.3, -0.25) is 4.79 Å². The normalized spacial score (nSPS) is 19.4. The Kier molecular flexibility index (Phi) is 6.04. The van der Waals surface area contributed by atoms with E-state index in [1.165, 1.54) is 12.1 Å². The Labute approximate surface area is 201 Å². The number of likely N-dealkylation sites (tertiary alicyclic amines) is 1. The number of carbonyl (C=O) groups excluding carboxylic acids is 1. The number of carbonyl (C=O) groups is 1. The van der Waals surface area contributed by atoms with Crippen LogP contribution in [0.5, 0.6) is 5.75 Å². The molecule has 1 N–H and O–H groups in total. The molecule has 0 saturated carbocycles. The quantitative estimate of drug-likeness (QED) is 0.531.